The van der Waals surface area contributed by atoms with E-state index in [1.165, 1.54) is 16.9 Å². The predicted octanol–water partition coefficient (Wildman–Crippen LogP) is 4.49. The van der Waals surface area contributed by atoms with E-state index in [-0.39, 0.29) is 31.7 Å². The van der Waals surface area contributed by atoms with Gasteiger partial charge in [-0.2, -0.15) is 0 Å². The molecule has 8 nitrogen and oxygen atoms in total. The van der Waals surface area contributed by atoms with Crippen LogP contribution in [0, 0.1) is 0 Å². The van der Waals surface area contributed by atoms with Crippen molar-refractivity contribution in [2.75, 3.05) is 24.5 Å². The highest BCUT2D eigenvalue weighted by molar-refractivity contribution is 7.13. The van der Waals surface area contributed by atoms with Gasteiger partial charge in [-0.1, -0.05) is 54.6 Å². The Labute approximate surface area is 239 Å². The molecule has 5 rings (SSSR count). The molecule has 2 saturated heterocycles. The van der Waals surface area contributed by atoms with Gasteiger partial charge in [0, 0.05) is 49.7 Å². The second kappa shape index (κ2) is 12.6. The molecule has 208 valence electrons. The molecule has 3 heterocycles. The van der Waals surface area contributed by atoms with E-state index in [1.54, 1.807) is 4.90 Å². The lowest BCUT2D eigenvalue weighted by Gasteiger charge is -2.35. The van der Waals surface area contributed by atoms with Crippen LogP contribution in [0.15, 0.2) is 48.5 Å². The third-order valence-electron chi connectivity index (χ3n) is 7.25. The predicted molar refractivity (Wildman–Crippen MR) is 155 cm³/mol. The average molecular weight is 570 g/mol. The molecule has 2 aromatic carbocycles. The summed E-state index contributed by atoms with van der Waals surface area (Å²) in [5, 5.41) is 23.1. The van der Waals surface area contributed by atoms with Crippen molar-refractivity contribution >= 4 is 40.4 Å². The number of halogens is 1. The van der Waals surface area contributed by atoms with Gasteiger partial charge in [0.1, 0.15) is 5.01 Å². The molecule has 2 N–H and O–H groups in total. The standard InChI is InChI=1S/C28H32ClN5O3S.CH4/c1-28(37)12-14-33(15-13-28)17-20-4-9-23(10-5-20)34-18-22(16-25(34)35)30-26(36)27-32-31-24(38-27)11-6-19-2-7-21(29)8-3-19;/h2-5,7-10,22,37H,6,11-18H2,1H3,(H,30,36);1H4/t22-;/m1./s1. The van der Waals surface area contributed by atoms with Crippen molar-refractivity contribution in [3.8, 4) is 0 Å². The molecule has 0 aliphatic carbocycles. The van der Waals surface area contributed by atoms with Crippen molar-refractivity contribution in [2.24, 2.45) is 0 Å². The van der Waals surface area contributed by atoms with Crippen molar-refractivity contribution in [1.82, 2.24) is 20.4 Å². The highest BCUT2D eigenvalue weighted by Crippen LogP contribution is 2.25. The first-order chi connectivity index (χ1) is 18.2. The van der Waals surface area contributed by atoms with E-state index in [9.17, 15) is 14.7 Å². The molecule has 1 atom stereocenters. The Kier molecular flexibility index (Phi) is 9.38. The summed E-state index contributed by atoms with van der Waals surface area (Å²) in [5.74, 6) is -0.307. The van der Waals surface area contributed by atoms with Gasteiger partial charge in [-0.25, -0.2) is 0 Å². The zero-order chi connectivity index (χ0) is 26.7. The number of piperidine rings is 1. The number of nitrogens with one attached hydrogen (secondary N) is 1. The Morgan fingerprint density at radius 1 is 1.08 bits per heavy atom. The number of hydrogen-bond donors (Lipinski definition) is 2. The van der Waals surface area contributed by atoms with E-state index in [0.29, 0.717) is 23.0 Å². The zero-order valence-corrected chi connectivity index (χ0v) is 23.0. The van der Waals surface area contributed by atoms with Gasteiger partial charge in [0.05, 0.1) is 11.6 Å². The van der Waals surface area contributed by atoms with Crippen LogP contribution >= 0.6 is 22.9 Å². The zero-order valence-electron chi connectivity index (χ0n) is 21.4. The Bertz CT molecular complexity index is 1270. The number of nitrogens with zero attached hydrogens (tertiary/aromatic N) is 4. The molecule has 2 aliphatic heterocycles. The van der Waals surface area contributed by atoms with Crippen molar-refractivity contribution in [3.63, 3.8) is 0 Å². The molecule has 3 aromatic rings. The number of anilines is 1. The Morgan fingerprint density at radius 2 is 1.74 bits per heavy atom. The minimum Gasteiger partial charge on any atom is -0.390 e. The van der Waals surface area contributed by atoms with E-state index in [2.05, 4.69) is 20.4 Å². The third kappa shape index (κ3) is 7.63. The molecule has 0 unspecified atom stereocenters. The molecule has 2 fully saturated rings. The van der Waals surface area contributed by atoms with E-state index in [4.69, 9.17) is 11.6 Å². The van der Waals surface area contributed by atoms with Gasteiger partial charge in [-0.3, -0.25) is 14.5 Å². The SMILES string of the molecule is C.CC1(O)CCN(Cc2ccc(N3C[C@H](NC(=O)c4nnc(CCc5ccc(Cl)cc5)s4)CC3=O)cc2)CC1. The van der Waals surface area contributed by atoms with Crippen LogP contribution in [-0.4, -0.2) is 63.3 Å². The number of hydrogen-bond acceptors (Lipinski definition) is 7. The van der Waals surface area contributed by atoms with Gasteiger partial charge in [0.25, 0.3) is 5.91 Å². The minimum absolute atomic E-state index is 0. The summed E-state index contributed by atoms with van der Waals surface area (Å²) >= 11 is 7.22. The fraction of sp³-hybridized carbons (Fsp3) is 0.448. The number of carbonyl (C=O) groups is 2. The number of likely N-dealkylation sites (tertiary alicyclic amines) is 1. The maximum atomic E-state index is 12.8. The van der Waals surface area contributed by atoms with Crippen molar-refractivity contribution in [3.05, 3.63) is 74.7 Å². The Morgan fingerprint density at radius 3 is 2.44 bits per heavy atom. The van der Waals surface area contributed by atoms with Gasteiger partial charge in [-0.05, 0) is 61.6 Å². The fourth-order valence-corrected chi connectivity index (χ4v) is 5.75. The highest BCUT2D eigenvalue weighted by atomic mass is 35.5. The number of benzene rings is 2. The van der Waals surface area contributed by atoms with E-state index < -0.39 is 5.60 Å². The average Bonchev–Trinajstić information content (AvgIpc) is 3.52. The molecule has 0 radical (unpaired) electrons. The fourth-order valence-electron chi connectivity index (χ4n) is 4.88. The molecule has 0 bridgehead atoms. The molecule has 0 saturated carbocycles. The normalized spacial score (nSPS) is 19.1. The summed E-state index contributed by atoms with van der Waals surface area (Å²) in [7, 11) is 0. The third-order valence-corrected chi connectivity index (χ3v) is 8.48. The first-order valence-electron chi connectivity index (χ1n) is 13.0. The lowest BCUT2D eigenvalue weighted by molar-refractivity contribution is -0.117. The molecule has 10 heteroatoms. The summed E-state index contributed by atoms with van der Waals surface area (Å²) < 4.78 is 0. The Balaban J connectivity index is 0.00000353. The lowest BCUT2D eigenvalue weighted by Crippen LogP contribution is -2.41. The van der Waals surface area contributed by atoms with Crippen LogP contribution in [0.3, 0.4) is 0 Å². The van der Waals surface area contributed by atoms with Crippen molar-refractivity contribution in [2.45, 2.75) is 64.6 Å². The summed E-state index contributed by atoms with van der Waals surface area (Å²) in [4.78, 5) is 29.6. The molecule has 2 aliphatic rings. The highest BCUT2D eigenvalue weighted by Gasteiger charge is 2.32. The minimum atomic E-state index is -0.557. The second-order valence-electron chi connectivity index (χ2n) is 10.4. The number of amides is 2. The molecule has 1 aromatic heterocycles. The Hall–Kier alpha value is -2.85. The van der Waals surface area contributed by atoms with Gasteiger partial charge in [0.2, 0.25) is 10.9 Å². The molecular formula is C29H36ClN5O3S. The first-order valence-corrected chi connectivity index (χ1v) is 14.2. The van der Waals surface area contributed by atoms with E-state index in [0.717, 1.165) is 55.2 Å². The summed E-state index contributed by atoms with van der Waals surface area (Å²) in [5.41, 5.74) is 2.60. The van der Waals surface area contributed by atoms with Crippen LogP contribution in [0.25, 0.3) is 0 Å². The molecular weight excluding hydrogens is 534 g/mol. The van der Waals surface area contributed by atoms with Crippen LogP contribution in [0.5, 0.6) is 0 Å². The monoisotopic (exact) mass is 569 g/mol. The quantitative estimate of drug-likeness (QED) is 0.415. The number of aromatic nitrogens is 2. The number of aryl methyl sites for hydroxylation is 2. The van der Waals surface area contributed by atoms with Crippen LogP contribution in [0.2, 0.25) is 5.02 Å². The molecule has 2 amide bonds. The van der Waals surface area contributed by atoms with Crippen molar-refractivity contribution < 1.29 is 14.7 Å². The van der Waals surface area contributed by atoms with Crippen LogP contribution in [0.4, 0.5) is 5.69 Å². The number of carbonyl (C=O) groups excluding carboxylic acids is 2. The van der Waals surface area contributed by atoms with Crippen LogP contribution in [0.1, 0.15) is 59.5 Å². The lowest BCUT2D eigenvalue weighted by atomic mass is 9.93. The van der Waals surface area contributed by atoms with Gasteiger partial charge >= 0.3 is 0 Å². The van der Waals surface area contributed by atoms with Gasteiger partial charge in [0.15, 0.2) is 0 Å². The van der Waals surface area contributed by atoms with Crippen molar-refractivity contribution in [1.29, 1.82) is 0 Å². The van der Waals surface area contributed by atoms with E-state index in [1.807, 2.05) is 55.5 Å². The largest absolute Gasteiger partial charge is 0.390 e. The topological polar surface area (TPSA) is 98.7 Å². The molecule has 39 heavy (non-hydrogen) atoms. The van der Waals surface area contributed by atoms with Gasteiger partial charge in [-0.15, -0.1) is 10.2 Å². The maximum absolute atomic E-state index is 12.8. The van der Waals surface area contributed by atoms with E-state index >= 15 is 0 Å². The number of rotatable bonds is 8. The molecule has 0 spiro atoms. The van der Waals surface area contributed by atoms with Crippen LogP contribution in [-0.2, 0) is 24.2 Å². The summed E-state index contributed by atoms with van der Waals surface area (Å²) in [6.07, 6.45) is 3.29. The summed E-state index contributed by atoms with van der Waals surface area (Å²) in [6.45, 7) is 4.90. The number of aliphatic hydroxyl groups is 1. The maximum Gasteiger partial charge on any atom is 0.282 e. The summed E-state index contributed by atoms with van der Waals surface area (Å²) in [6, 6.07) is 15.4. The second-order valence-corrected chi connectivity index (χ2v) is 11.9. The first kappa shape index (κ1) is 29.1. The van der Waals surface area contributed by atoms with Crippen LogP contribution < -0.4 is 10.2 Å². The van der Waals surface area contributed by atoms with Gasteiger partial charge < -0.3 is 15.3 Å². The smallest absolute Gasteiger partial charge is 0.282 e.